The van der Waals surface area contributed by atoms with Gasteiger partial charge in [-0.25, -0.2) is 0 Å². The number of nitrogens with zero attached hydrogens (tertiary/aromatic N) is 3. The molecule has 0 fully saturated rings. The fourth-order valence-corrected chi connectivity index (χ4v) is 2.76. The van der Waals surface area contributed by atoms with Crippen molar-refractivity contribution in [3.63, 3.8) is 0 Å². The number of halogens is 1. The van der Waals surface area contributed by atoms with E-state index in [0.717, 1.165) is 16.7 Å². The number of aryl methyl sites for hydroxylation is 2. The van der Waals surface area contributed by atoms with E-state index in [-0.39, 0.29) is 12.5 Å². The van der Waals surface area contributed by atoms with Crippen molar-refractivity contribution in [2.75, 3.05) is 6.54 Å². The van der Waals surface area contributed by atoms with Crippen molar-refractivity contribution in [2.24, 2.45) is 0 Å². The topological polar surface area (TPSA) is 59.2 Å². The number of rotatable bonds is 6. The van der Waals surface area contributed by atoms with Crippen LogP contribution in [0.5, 0.6) is 0 Å². The zero-order valence-corrected chi connectivity index (χ0v) is 16.0. The maximum Gasteiger partial charge on any atom is 0.254 e. The van der Waals surface area contributed by atoms with E-state index in [1.807, 2.05) is 44.2 Å². The van der Waals surface area contributed by atoms with Gasteiger partial charge in [0.1, 0.15) is 6.54 Å². The molecule has 27 heavy (non-hydrogen) atoms. The van der Waals surface area contributed by atoms with Crippen LogP contribution in [0.2, 0.25) is 5.02 Å². The van der Waals surface area contributed by atoms with Crippen LogP contribution in [-0.4, -0.2) is 27.5 Å². The van der Waals surface area contributed by atoms with E-state index >= 15 is 0 Å². The molecule has 0 aliphatic heterocycles. The van der Waals surface area contributed by atoms with Crippen molar-refractivity contribution in [3.8, 4) is 11.4 Å². The van der Waals surface area contributed by atoms with E-state index in [1.54, 1.807) is 23.1 Å². The van der Waals surface area contributed by atoms with E-state index < -0.39 is 0 Å². The summed E-state index contributed by atoms with van der Waals surface area (Å²) >= 11 is 5.90. The Balaban J connectivity index is 1.80. The molecule has 0 spiro atoms. The van der Waals surface area contributed by atoms with Gasteiger partial charge in [-0.3, -0.25) is 4.79 Å². The van der Waals surface area contributed by atoms with Crippen molar-refractivity contribution in [1.82, 2.24) is 15.0 Å². The molecule has 0 aliphatic carbocycles. The summed E-state index contributed by atoms with van der Waals surface area (Å²) in [6.45, 7) is 8.33. The van der Waals surface area contributed by atoms with Gasteiger partial charge in [0.15, 0.2) is 0 Å². The average Bonchev–Trinajstić information content (AvgIpc) is 3.12. The molecule has 0 unspecified atom stereocenters. The third-order valence-corrected chi connectivity index (χ3v) is 4.54. The van der Waals surface area contributed by atoms with E-state index in [4.69, 9.17) is 16.1 Å². The summed E-state index contributed by atoms with van der Waals surface area (Å²) in [6, 6.07) is 12.8. The number of amides is 1. The standard InChI is InChI=1S/C21H20ClN3O2/c1-4-11-25(21(26)17-6-5-14(2)15(3)12-17)13-19-23-20(24-27-19)16-7-9-18(22)10-8-16/h4-10,12H,1,11,13H2,2-3H3. The Morgan fingerprint density at radius 2 is 1.93 bits per heavy atom. The van der Waals surface area contributed by atoms with Gasteiger partial charge in [0, 0.05) is 22.7 Å². The maximum atomic E-state index is 12.9. The molecule has 6 heteroatoms. The second-order valence-electron chi connectivity index (χ2n) is 6.29. The first-order chi connectivity index (χ1) is 13.0. The van der Waals surface area contributed by atoms with Gasteiger partial charge in [-0.1, -0.05) is 28.9 Å². The van der Waals surface area contributed by atoms with E-state index in [9.17, 15) is 4.79 Å². The van der Waals surface area contributed by atoms with E-state index in [0.29, 0.717) is 28.8 Å². The largest absolute Gasteiger partial charge is 0.337 e. The van der Waals surface area contributed by atoms with Crippen LogP contribution in [-0.2, 0) is 6.54 Å². The van der Waals surface area contributed by atoms with E-state index in [1.165, 1.54) is 0 Å². The SMILES string of the molecule is C=CCN(Cc1nc(-c2ccc(Cl)cc2)no1)C(=O)c1ccc(C)c(C)c1. The number of benzene rings is 2. The molecular formula is C21H20ClN3O2. The highest BCUT2D eigenvalue weighted by Crippen LogP contribution is 2.20. The fourth-order valence-electron chi connectivity index (χ4n) is 2.63. The lowest BCUT2D eigenvalue weighted by Gasteiger charge is -2.19. The molecule has 0 saturated heterocycles. The zero-order valence-electron chi connectivity index (χ0n) is 15.3. The molecule has 0 radical (unpaired) electrons. The van der Waals surface area contributed by atoms with Crippen LogP contribution in [0.25, 0.3) is 11.4 Å². The second-order valence-corrected chi connectivity index (χ2v) is 6.73. The van der Waals surface area contributed by atoms with Crippen LogP contribution < -0.4 is 0 Å². The molecule has 0 aliphatic rings. The molecule has 5 nitrogen and oxygen atoms in total. The normalized spacial score (nSPS) is 10.6. The molecule has 138 valence electrons. The lowest BCUT2D eigenvalue weighted by molar-refractivity contribution is 0.0745. The Labute approximate surface area is 163 Å². The Kier molecular flexibility index (Phi) is 5.72. The van der Waals surface area contributed by atoms with Crippen LogP contribution in [0.15, 0.2) is 59.6 Å². The third kappa shape index (κ3) is 4.44. The predicted octanol–water partition coefficient (Wildman–Crippen LogP) is 4.84. The van der Waals surface area contributed by atoms with Crippen LogP contribution in [0.3, 0.4) is 0 Å². The van der Waals surface area contributed by atoms with Gasteiger partial charge in [-0.2, -0.15) is 4.98 Å². The quantitative estimate of drug-likeness (QED) is 0.573. The molecular weight excluding hydrogens is 362 g/mol. The smallest absolute Gasteiger partial charge is 0.254 e. The third-order valence-electron chi connectivity index (χ3n) is 4.29. The number of carbonyl (C=O) groups excluding carboxylic acids is 1. The van der Waals surface area contributed by atoms with Crippen molar-refractivity contribution in [2.45, 2.75) is 20.4 Å². The van der Waals surface area contributed by atoms with Crippen molar-refractivity contribution in [1.29, 1.82) is 0 Å². The Morgan fingerprint density at radius 1 is 1.19 bits per heavy atom. The summed E-state index contributed by atoms with van der Waals surface area (Å²) in [6.07, 6.45) is 1.68. The van der Waals surface area contributed by atoms with Crippen molar-refractivity contribution in [3.05, 3.63) is 82.7 Å². The molecule has 0 N–H and O–H groups in total. The van der Waals surface area contributed by atoms with Crippen LogP contribution in [0.1, 0.15) is 27.4 Å². The van der Waals surface area contributed by atoms with Crippen LogP contribution in [0, 0.1) is 13.8 Å². The molecule has 1 heterocycles. The molecule has 3 aromatic rings. The first-order valence-corrected chi connectivity index (χ1v) is 8.91. The Hall–Kier alpha value is -2.92. The lowest BCUT2D eigenvalue weighted by Crippen LogP contribution is -2.31. The highest BCUT2D eigenvalue weighted by molar-refractivity contribution is 6.30. The predicted molar refractivity (Wildman–Crippen MR) is 106 cm³/mol. The highest BCUT2D eigenvalue weighted by Gasteiger charge is 2.19. The van der Waals surface area contributed by atoms with E-state index in [2.05, 4.69) is 16.7 Å². The monoisotopic (exact) mass is 381 g/mol. The molecule has 0 saturated carbocycles. The minimum absolute atomic E-state index is 0.107. The lowest BCUT2D eigenvalue weighted by atomic mass is 10.1. The summed E-state index contributed by atoms with van der Waals surface area (Å²) in [4.78, 5) is 18.9. The van der Waals surface area contributed by atoms with Gasteiger partial charge in [0.25, 0.3) is 5.91 Å². The number of carbonyl (C=O) groups is 1. The van der Waals surface area contributed by atoms with Crippen LogP contribution >= 0.6 is 11.6 Å². The summed E-state index contributed by atoms with van der Waals surface area (Å²) in [5, 5.41) is 4.63. The van der Waals surface area contributed by atoms with Gasteiger partial charge >= 0.3 is 0 Å². The van der Waals surface area contributed by atoms with Gasteiger partial charge in [-0.05, 0) is 61.4 Å². The summed E-state index contributed by atoms with van der Waals surface area (Å²) < 4.78 is 5.33. The average molecular weight is 382 g/mol. The van der Waals surface area contributed by atoms with Gasteiger partial charge in [0.05, 0.1) is 0 Å². The fraction of sp³-hybridized carbons (Fsp3) is 0.190. The Bertz CT molecular complexity index is 964. The maximum absolute atomic E-state index is 12.9. The number of aromatic nitrogens is 2. The molecule has 0 atom stereocenters. The number of hydrogen-bond donors (Lipinski definition) is 0. The minimum Gasteiger partial charge on any atom is -0.337 e. The van der Waals surface area contributed by atoms with Crippen molar-refractivity contribution < 1.29 is 9.32 Å². The molecule has 2 aromatic carbocycles. The summed E-state index contributed by atoms with van der Waals surface area (Å²) in [7, 11) is 0. The Morgan fingerprint density at radius 3 is 2.59 bits per heavy atom. The van der Waals surface area contributed by atoms with Crippen LogP contribution in [0.4, 0.5) is 0 Å². The van der Waals surface area contributed by atoms with Crippen molar-refractivity contribution >= 4 is 17.5 Å². The van der Waals surface area contributed by atoms with Gasteiger partial charge < -0.3 is 9.42 Å². The first-order valence-electron chi connectivity index (χ1n) is 8.54. The second kappa shape index (κ2) is 8.18. The van der Waals surface area contributed by atoms with Gasteiger partial charge in [-0.15, -0.1) is 6.58 Å². The zero-order chi connectivity index (χ0) is 19.4. The van der Waals surface area contributed by atoms with Gasteiger partial charge in [0.2, 0.25) is 11.7 Å². The molecule has 1 aromatic heterocycles. The highest BCUT2D eigenvalue weighted by atomic mass is 35.5. The first kappa shape index (κ1) is 18.9. The minimum atomic E-state index is -0.107. The molecule has 3 rings (SSSR count). The summed E-state index contributed by atoms with van der Waals surface area (Å²) in [5.74, 6) is 0.710. The molecule has 0 bridgehead atoms. The number of hydrogen-bond acceptors (Lipinski definition) is 4. The molecule has 1 amide bonds. The summed E-state index contributed by atoms with van der Waals surface area (Å²) in [5.41, 5.74) is 3.64.